The van der Waals surface area contributed by atoms with Crippen molar-refractivity contribution in [2.24, 2.45) is 0 Å². The summed E-state index contributed by atoms with van der Waals surface area (Å²) >= 11 is 0. The van der Waals surface area contributed by atoms with Gasteiger partial charge in [0.25, 0.3) is 5.91 Å². The molecule has 6 heteroatoms. The first-order valence-corrected chi connectivity index (χ1v) is 3.83. The third kappa shape index (κ3) is 2.51. The molecule has 0 aliphatic heterocycles. The summed E-state index contributed by atoms with van der Waals surface area (Å²) in [5.74, 6) is -1.47. The highest BCUT2D eigenvalue weighted by molar-refractivity contribution is 5.95. The standard InChI is InChI=1S/C8H9N3O3/c1-11(4-7(12)13)8(14)6-2-9-5-10-3-6/h2-3,5H,4H2,1H3,(H,12,13). The van der Waals surface area contributed by atoms with Crippen LogP contribution in [0.3, 0.4) is 0 Å². The number of hydrogen-bond donors (Lipinski definition) is 1. The second kappa shape index (κ2) is 4.31. The largest absolute Gasteiger partial charge is 0.480 e. The number of aliphatic carboxylic acids is 1. The van der Waals surface area contributed by atoms with Gasteiger partial charge in [-0.05, 0) is 0 Å². The molecule has 14 heavy (non-hydrogen) atoms. The molecule has 6 nitrogen and oxygen atoms in total. The zero-order chi connectivity index (χ0) is 10.6. The maximum absolute atomic E-state index is 11.5. The summed E-state index contributed by atoms with van der Waals surface area (Å²) in [5, 5.41) is 8.45. The zero-order valence-electron chi connectivity index (χ0n) is 7.54. The second-order valence-corrected chi connectivity index (χ2v) is 2.68. The molecular weight excluding hydrogens is 186 g/mol. The van der Waals surface area contributed by atoms with Gasteiger partial charge < -0.3 is 10.0 Å². The number of carbonyl (C=O) groups is 2. The molecule has 0 unspecified atom stereocenters. The van der Waals surface area contributed by atoms with Gasteiger partial charge in [0.1, 0.15) is 12.9 Å². The molecule has 1 aromatic rings. The molecule has 1 aromatic heterocycles. The molecule has 0 aliphatic carbocycles. The minimum absolute atomic E-state index is 0.274. The van der Waals surface area contributed by atoms with E-state index >= 15 is 0 Å². The van der Waals surface area contributed by atoms with E-state index in [0.29, 0.717) is 0 Å². The van der Waals surface area contributed by atoms with Crippen molar-refractivity contribution >= 4 is 11.9 Å². The van der Waals surface area contributed by atoms with E-state index in [1.807, 2.05) is 0 Å². The molecule has 0 saturated heterocycles. The Kier molecular flexibility index (Phi) is 3.11. The molecule has 1 N–H and O–H groups in total. The van der Waals surface area contributed by atoms with Gasteiger partial charge in [0, 0.05) is 19.4 Å². The van der Waals surface area contributed by atoms with Crippen molar-refractivity contribution in [1.29, 1.82) is 0 Å². The first-order valence-electron chi connectivity index (χ1n) is 3.83. The Morgan fingerprint density at radius 1 is 1.43 bits per heavy atom. The molecule has 1 rings (SSSR count). The van der Waals surface area contributed by atoms with Crippen LogP contribution in [0.5, 0.6) is 0 Å². The predicted octanol–water partition coefficient (Wildman–Crippen LogP) is -0.367. The molecule has 0 bridgehead atoms. The highest BCUT2D eigenvalue weighted by Gasteiger charge is 2.14. The van der Waals surface area contributed by atoms with Crippen molar-refractivity contribution in [2.75, 3.05) is 13.6 Å². The number of likely N-dealkylation sites (N-methyl/N-ethyl adjacent to an activating group) is 1. The summed E-state index contributed by atoms with van der Waals surface area (Å²) in [6.45, 7) is -0.340. The van der Waals surface area contributed by atoms with E-state index in [1.54, 1.807) is 0 Å². The molecule has 1 amide bonds. The van der Waals surface area contributed by atoms with Crippen LogP contribution in [0.15, 0.2) is 18.7 Å². The van der Waals surface area contributed by atoms with Crippen LogP contribution in [0.25, 0.3) is 0 Å². The zero-order valence-corrected chi connectivity index (χ0v) is 7.54. The van der Waals surface area contributed by atoms with Crippen molar-refractivity contribution in [3.8, 4) is 0 Å². The fourth-order valence-corrected chi connectivity index (χ4v) is 0.905. The quantitative estimate of drug-likeness (QED) is 0.711. The van der Waals surface area contributed by atoms with E-state index in [9.17, 15) is 9.59 Å². The average Bonchev–Trinajstić information content (AvgIpc) is 2.17. The Balaban J connectivity index is 2.71. The molecule has 0 spiro atoms. The summed E-state index contributed by atoms with van der Waals surface area (Å²) in [4.78, 5) is 30.2. The molecule has 0 radical (unpaired) electrons. The minimum Gasteiger partial charge on any atom is -0.480 e. The van der Waals surface area contributed by atoms with E-state index in [-0.39, 0.29) is 12.1 Å². The van der Waals surface area contributed by atoms with Gasteiger partial charge >= 0.3 is 5.97 Å². The lowest BCUT2D eigenvalue weighted by Gasteiger charge is -2.13. The van der Waals surface area contributed by atoms with Crippen molar-refractivity contribution in [3.05, 3.63) is 24.3 Å². The lowest BCUT2D eigenvalue weighted by atomic mass is 10.3. The summed E-state index contributed by atoms with van der Waals surface area (Å²) in [7, 11) is 1.41. The predicted molar refractivity (Wildman–Crippen MR) is 46.6 cm³/mol. The van der Waals surface area contributed by atoms with Crippen LogP contribution in [0.2, 0.25) is 0 Å². The van der Waals surface area contributed by atoms with E-state index in [1.165, 1.54) is 25.8 Å². The van der Waals surface area contributed by atoms with Gasteiger partial charge in [0.15, 0.2) is 0 Å². The number of aromatic nitrogens is 2. The van der Waals surface area contributed by atoms with Gasteiger partial charge in [-0.3, -0.25) is 9.59 Å². The summed E-state index contributed by atoms with van der Waals surface area (Å²) in [5.41, 5.74) is 0.274. The SMILES string of the molecule is CN(CC(=O)O)C(=O)c1cncnc1. The van der Waals surface area contributed by atoms with Gasteiger partial charge in [0.05, 0.1) is 5.56 Å². The highest BCUT2D eigenvalue weighted by Crippen LogP contribution is 1.98. The average molecular weight is 195 g/mol. The summed E-state index contributed by atoms with van der Waals surface area (Å²) in [6.07, 6.45) is 3.98. The number of carbonyl (C=O) groups excluding carboxylic acids is 1. The first kappa shape index (κ1) is 10.1. The number of carboxylic acid groups (broad SMARTS) is 1. The number of amides is 1. The number of hydrogen-bond acceptors (Lipinski definition) is 4. The van der Waals surface area contributed by atoms with Crippen molar-refractivity contribution in [3.63, 3.8) is 0 Å². The molecule has 0 aromatic carbocycles. The first-order chi connectivity index (χ1) is 6.61. The van der Waals surface area contributed by atoms with Crippen LogP contribution in [0.4, 0.5) is 0 Å². The van der Waals surface area contributed by atoms with Crippen LogP contribution >= 0.6 is 0 Å². The third-order valence-electron chi connectivity index (χ3n) is 1.53. The van der Waals surface area contributed by atoms with Crippen molar-refractivity contribution < 1.29 is 14.7 Å². The maximum Gasteiger partial charge on any atom is 0.323 e. The topological polar surface area (TPSA) is 83.4 Å². The maximum atomic E-state index is 11.5. The smallest absolute Gasteiger partial charge is 0.323 e. The fourth-order valence-electron chi connectivity index (χ4n) is 0.905. The Labute approximate surface area is 80.2 Å². The normalized spacial score (nSPS) is 9.50. The Hall–Kier alpha value is -1.98. The molecule has 1 heterocycles. The Morgan fingerprint density at radius 2 is 2.00 bits per heavy atom. The molecule has 74 valence electrons. The van der Waals surface area contributed by atoms with Crippen LogP contribution in [-0.2, 0) is 4.79 Å². The monoisotopic (exact) mass is 195 g/mol. The second-order valence-electron chi connectivity index (χ2n) is 2.68. The number of nitrogens with zero attached hydrogens (tertiary/aromatic N) is 3. The molecule has 0 atom stereocenters. The molecular formula is C8H9N3O3. The van der Waals surface area contributed by atoms with E-state index in [0.717, 1.165) is 4.90 Å². The van der Waals surface area contributed by atoms with Crippen molar-refractivity contribution in [2.45, 2.75) is 0 Å². The van der Waals surface area contributed by atoms with Crippen LogP contribution < -0.4 is 0 Å². The van der Waals surface area contributed by atoms with Gasteiger partial charge in [-0.15, -0.1) is 0 Å². The third-order valence-corrected chi connectivity index (χ3v) is 1.53. The number of carboxylic acids is 1. The van der Waals surface area contributed by atoms with Crippen LogP contribution in [-0.4, -0.2) is 45.4 Å². The van der Waals surface area contributed by atoms with E-state index in [2.05, 4.69) is 9.97 Å². The summed E-state index contributed by atoms with van der Waals surface area (Å²) < 4.78 is 0. The van der Waals surface area contributed by atoms with Gasteiger partial charge in [-0.25, -0.2) is 9.97 Å². The summed E-state index contributed by atoms with van der Waals surface area (Å²) in [6, 6.07) is 0. The highest BCUT2D eigenvalue weighted by atomic mass is 16.4. The lowest BCUT2D eigenvalue weighted by Crippen LogP contribution is -2.32. The Morgan fingerprint density at radius 3 is 2.50 bits per heavy atom. The van der Waals surface area contributed by atoms with Crippen LogP contribution in [0, 0.1) is 0 Å². The van der Waals surface area contributed by atoms with E-state index < -0.39 is 11.9 Å². The fraction of sp³-hybridized carbons (Fsp3) is 0.250. The Bertz CT molecular complexity index is 339. The van der Waals surface area contributed by atoms with Gasteiger partial charge in [-0.2, -0.15) is 0 Å². The molecule has 0 fully saturated rings. The lowest BCUT2D eigenvalue weighted by molar-refractivity contribution is -0.137. The van der Waals surface area contributed by atoms with Crippen LogP contribution in [0.1, 0.15) is 10.4 Å². The van der Waals surface area contributed by atoms with E-state index in [4.69, 9.17) is 5.11 Å². The number of rotatable bonds is 3. The minimum atomic E-state index is -1.06. The van der Waals surface area contributed by atoms with Crippen molar-refractivity contribution in [1.82, 2.24) is 14.9 Å². The molecule has 0 aliphatic rings. The van der Waals surface area contributed by atoms with Gasteiger partial charge in [0.2, 0.25) is 0 Å². The van der Waals surface area contributed by atoms with Gasteiger partial charge in [-0.1, -0.05) is 0 Å². The molecule has 0 saturated carbocycles.